The summed E-state index contributed by atoms with van der Waals surface area (Å²) in [5, 5.41) is 14.6. The van der Waals surface area contributed by atoms with Crippen LogP contribution in [0.2, 0.25) is 5.02 Å². The number of rotatable bonds is 6. The predicted octanol–water partition coefficient (Wildman–Crippen LogP) is 6.97. The molecule has 0 radical (unpaired) electrons. The van der Waals surface area contributed by atoms with Gasteiger partial charge in [-0.3, -0.25) is 14.9 Å². The lowest BCUT2D eigenvalue weighted by Crippen LogP contribution is -2.07. The van der Waals surface area contributed by atoms with Crippen LogP contribution in [0.1, 0.15) is 5.76 Å². The van der Waals surface area contributed by atoms with Gasteiger partial charge in [-0.05, 0) is 66.7 Å². The minimum absolute atomic E-state index is 0.0554. The number of hydrogen-bond acceptors (Lipinski definition) is 6. The number of amides is 1. The zero-order valence-electron chi connectivity index (χ0n) is 18.0. The van der Waals surface area contributed by atoms with Gasteiger partial charge in [0.15, 0.2) is 5.58 Å². The first-order valence-corrected chi connectivity index (χ1v) is 10.8. The Morgan fingerprint density at radius 1 is 1.00 bits per heavy atom. The maximum atomic E-state index is 12.3. The highest BCUT2D eigenvalue weighted by Crippen LogP contribution is 2.31. The molecule has 0 unspecified atom stereocenters. The molecule has 9 heteroatoms. The number of nitrogens with one attached hydrogen (secondary N) is 1. The van der Waals surface area contributed by atoms with Crippen molar-refractivity contribution in [2.24, 2.45) is 0 Å². The van der Waals surface area contributed by atoms with E-state index < -0.39 is 4.92 Å². The first kappa shape index (κ1) is 22.1. The molecule has 2 heterocycles. The summed E-state index contributed by atoms with van der Waals surface area (Å²) in [6.45, 7) is 0. The van der Waals surface area contributed by atoms with Crippen LogP contribution in [-0.2, 0) is 4.79 Å². The number of anilines is 1. The first-order valence-electron chi connectivity index (χ1n) is 10.5. The van der Waals surface area contributed by atoms with Gasteiger partial charge in [-0.1, -0.05) is 23.7 Å². The van der Waals surface area contributed by atoms with E-state index >= 15 is 0 Å². The van der Waals surface area contributed by atoms with Gasteiger partial charge in [-0.2, -0.15) is 0 Å². The van der Waals surface area contributed by atoms with E-state index in [-0.39, 0.29) is 11.6 Å². The highest BCUT2D eigenvalue weighted by Gasteiger charge is 2.16. The summed E-state index contributed by atoms with van der Waals surface area (Å²) in [6, 6.07) is 21.8. The van der Waals surface area contributed by atoms with Crippen molar-refractivity contribution in [1.82, 2.24) is 4.98 Å². The third-order valence-corrected chi connectivity index (χ3v) is 5.38. The Balaban J connectivity index is 1.25. The number of nitro benzene ring substituents is 1. The molecule has 1 amide bonds. The van der Waals surface area contributed by atoms with Crippen molar-refractivity contribution >= 4 is 46.1 Å². The van der Waals surface area contributed by atoms with Crippen molar-refractivity contribution in [2.75, 3.05) is 5.32 Å². The van der Waals surface area contributed by atoms with Gasteiger partial charge in [-0.25, -0.2) is 4.98 Å². The van der Waals surface area contributed by atoms with E-state index in [2.05, 4.69) is 10.3 Å². The van der Waals surface area contributed by atoms with E-state index in [0.29, 0.717) is 44.8 Å². The summed E-state index contributed by atoms with van der Waals surface area (Å²) in [6.07, 6.45) is 2.81. The Morgan fingerprint density at radius 2 is 1.80 bits per heavy atom. The van der Waals surface area contributed by atoms with Crippen LogP contribution in [0.3, 0.4) is 0 Å². The quantitative estimate of drug-likeness (QED) is 0.158. The molecule has 0 atom stereocenters. The van der Waals surface area contributed by atoms with Gasteiger partial charge >= 0.3 is 0 Å². The molecular weight excluding hydrogens is 470 g/mol. The number of benzene rings is 3. The average molecular weight is 486 g/mol. The molecule has 0 spiro atoms. The summed E-state index contributed by atoms with van der Waals surface area (Å²) in [4.78, 5) is 27.5. The van der Waals surface area contributed by atoms with Crippen LogP contribution in [0, 0.1) is 10.1 Å². The van der Waals surface area contributed by atoms with E-state index in [1.54, 1.807) is 72.8 Å². The van der Waals surface area contributed by atoms with Gasteiger partial charge in [0, 0.05) is 28.4 Å². The number of para-hydroxylation sites is 1. The third-order valence-electron chi connectivity index (χ3n) is 5.14. The van der Waals surface area contributed by atoms with Gasteiger partial charge in [0.1, 0.15) is 17.0 Å². The van der Waals surface area contributed by atoms with Crippen molar-refractivity contribution in [3.8, 4) is 22.8 Å². The summed E-state index contributed by atoms with van der Waals surface area (Å²) < 4.78 is 11.4. The van der Waals surface area contributed by atoms with Crippen molar-refractivity contribution in [3.63, 3.8) is 0 Å². The van der Waals surface area contributed by atoms with E-state index in [1.165, 1.54) is 18.2 Å². The molecular formula is C26H16ClN3O5. The van der Waals surface area contributed by atoms with E-state index in [4.69, 9.17) is 20.4 Å². The van der Waals surface area contributed by atoms with Gasteiger partial charge < -0.3 is 14.2 Å². The van der Waals surface area contributed by atoms with E-state index in [1.807, 2.05) is 0 Å². The Kier molecular flexibility index (Phi) is 5.87. The fourth-order valence-corrected chi connectivity index (χ4v) is 3.66. The van der Waals surface area contributed by atoms with Gasteiger partial charge in [0.2, 0.25) is 11.8 Å². The number of nitrogens with zero attached hydrogens (tertiary/aromatic N) is 2. The average Bonchev–Trinajstić information content (AvgIpc) is 3.50. The molecule has 1 N–H and O–H groups in total. The Bertz CT molecular complexity index is 1580. The first-order chi connectivity index (χ1) is 17.0. The highest BCUT2D eigenvalue weighted by molar-refractivity contribution is 6.31. The number of carbonyl (C=O) groups is 1. The normalized spacial score (nSPS) is 11.2. The second-order valence-electron chi connectivity index (χ2n) is 7.51. The van der Waals surface area contributed by atoms with Crippen LogP contribution in [-0.4, -0.2) is 15.8 Å². The van der Waals surface area contributed by atoms with Crippen molar-refractivity contribution in [3.05, 3.63) is 106 Å². The molecule has 2 aromatic heterocycles. The predicted molar refractivity (Wildman–Crippen MR) is 133 cm³/mol. The van der Waals surface area contributed by atoms with Crippen LogP contribution in [0.5, 0.6) is 0 Å². The molecule has 0 aliphatic heterocycles. The van der Waals surface area contributed by atoms with Gasteiger partial charge in [-0.15, -0.1) is 0 Å². The number of furan rings is 1. The number of fused-ring (bicyclic) bond motifs is 1. The largest absolute Gasteiger partial charge is 0.456 e. The zero-order valence-corrected chi connectivity index (χ0v) is 18.7. The lowest BCUT2D eigenvalue weighted by Gasteiger charge is -2.02. The number of oxazole rings is 1. The van der Waals surface area contributed by atoms with Crippen molar-refractivity contribution in [2.45, 2.75) is 0 Å². The highest BCUT2D eigenvalue weighted by atomic mass is 35.5. The maximum absolute atomic E-state index is 12.3. The molecule has 0 fully saturated rings. The summed E-state index contributed by atoms with van der Waals surface area (Å²) >= 11 is 6.00. The van der Waals surface area contributed by atoms with Crippen LogP contribution >= 0.6 is 11.6 Å². The molecule has 5 rings (SSSR count). The second-order valence-corrected chi connectivity index (χ2v) is 7.94. The van der Waals surface area contributed by atoms with E-state index in [0.717, 1.165) is 5.56 Å². The molecule has 8 nitrogen and oxygen atoms in total. The molecule has 0 saturated carbocycles. The number of aromatic nitrogens is 1. The number of hydrogen-bond donors (Lipinski definition) is 1. The third kappa shape index (κ3) is 4.83. The van der Waals surface area contributed by atoms with Gasteiger partial charge in [0.25, 0.3) is 5.69 Å². The van der Waals surface area contributed by atoms with Gasteiger partial charge in [0.05, 0.1) is 10.5 Å². The smallest absolute Gasteiger partial charge is 0.280 e. The van der Waals surface area contributed by atoms with Crippen LogP contribution in [0.15, 0.2) is 93.8 Å². The number of carbonyl (C=O) groups excluding carboxylic acids is 1. The molecule has 35 heavy (non-hydrogen) atoms. The minimum atomic E-state index is -0.466. The molecule has 0 saturated heterocycles. The fourth-order valence-electron chi connectivity index (χ4n) is 3.49. The molecule has 5 aromatic rings. The summed E-state index contributed by atoms with van der Waals surface area (Å²) in [5.41, 5.74) is 2.95. The molecule has 0 bridgehead atoms. The van der Waals surface area contributed by atoms with Crippen LogP contribution in [0.4, 0.5) is 11.4 Å². The zero-order chi connectivity index (χ0) is 24.4. The molecule has 172 valence electrons. The molecule has 0 aliphatic carbocycles. The summed E-state index contributed by atoms with van der Waals surface area (Å²) in [5.74, 6) is 0.819. The topological polar surface area (TPSA) is 111 Å². The Morgan fingerprint density at radius 3 is 2.60 bits per heavy atom. The second kappa shape index (κ2) is 9.28. The monoisotopic (exact) mass is 485 g/mol. The van der Waals surface area contributed by atoms with E-state index in [9.17, 15) is 14.9 Å². The van der Waals surface area contributed by atoms with Crippen molar-refractivity contribution in [1.29, 1.82) is 0 Å². The standard InChI is InChI=1S/C26H16ClN3O5/c27-17-7-12-24-21(15-17)29-26(35-24)16-5-8-18(9-6-16)28-25(31)14-11-19-10-13-23(34-19)20-3-1-2-4-22(20)30(32)33/h1-15H,(H,28,31). The fraction of sp³-hybridized carbons (Fsp3) is 0. The Hall–Kier alpha value is -4.69. The SMILES string of the molecule is O=C(C=Cc1ccc(-c2ccccc2[N+](=O)[O-])o1)Nc1ccc(-c2nc3cc(Cl)ccc3o2)cc1. The maximum Gasteiger partial charge on any atom is 0.280 e. The Labute approximate surface area is 203 Å². The lowest BCUT2D eigenvalue weighted by atomic mass is 10.1. The van der Waals surface area contributed by atoms with Crippen molar-refractivity contribution < 1.29 is 18.6 Å². The minimum Gasteiger partial charge on any atom is -0.456 e. The van der Waals surface area contributed by atoms with Crippen LogP contribution < -0.4 is 5.32 Å². The number of nitro groups is 1. The molecule has 3 aromatic carbocycles. The number of halogens is 1. The molecule has 0 aliphatic rings. The lowest BCUT2D eigenvalue weighted by molar-refractivity contribution is -0.384. The summed E-state index contributed by atoms with van der Waals surface area (Å²) in [7, 11) is 0. The van der Waals surface area contributed by atoms with Crippen LogP contribution in [0.25, 0.3) is 40.0 Å².